The molecule has 0 atom stereocenters. The summed E-state index contributed by atoms with van der Waals surface area (Å²) in [6.45, 7) is -1.42. The van der Waals surface area contributed by atoms with Gasteiger partial charge in [0.15, 0.2) is 5.82 Å². The Kier molecular flexibility index (Phi) is 4.82. The average Bonchev–Trinajstić information content (AvgIpc) is 2.65. The zero-order valence-electron chi connectivity index (χ0n) is 12.8. The van der Waals surface area contributed by atoms with Gasteiger partial charge in [-0.1, -0.05) is 0 Å². The van der Waals surface area contributed by atoms with Crippen LogP contribution in [0, 0.1) is 15.9 Å². The molecular weight excluding hydrogens is 371 g/mol. The highest BCUT2D eigenvalue weighted by Crippen LogP contribution is 2.33. The zero-order valence-corrected chi connectivity index (χ0v) is 12.8. The van der Waals surface area contributed by atoms with Crippen LogP contribution in [-0.2, 0) is 11.5 Å². The summed E-state index contributed by atoms with van der Waals surface area (Å²) < 4.78 is 65.9. The number of nitrogens with zero attached hydrogens (tertiary/aromatic N) is 3. The van der Waals surface area contributed by atoms with Gasteiger partial charge in [-0.05, 0) is 6.07 Å². The highest BCUT2D eigenvalue weighted by atomic mass is 19.4. The minimum absolute atomic E-state index is 0.0356. The lowest BCUT2D eigenvalue weighted by molar-refractivity contribution is -0.385. The van der Waals surface area contributed by atoms with Gasteiger partial charge in [-0.15, -0.1) is 0 Å². The molecule has 1 aromatic carbocycles. The van der Waals surface area contributed by atoms with Gasteiger partial charge in [-0.2, -0.15) is 18.2 Å². The van der Waals surface area contributed by atoms with E-state index >= 15 is 0 Å². The second-order valence-electron chi connectivity index (χ2n) is 5.00. The lowest BCUT2D eigenvalue weighted by Gasteiger charge is -2.27. The molecule has 3 amide bonds. The molecule has 13 heteroatoms. The second-order valence-corrected chi connectivity index (χ2v) is 5.00. The Morgan fingerprint density at radius 1 is 1.27 bits per heavy atom. The van der Waals surface area contributed by atoms with Gasteiger partial charge in [-0.25, -0.2) is 13.6 Å². The van der Waals surface area contributed by atoms with Gasteiger partial charge < -0.3 is 0 Å². The van der Waals surface area contributed by atoms with Crippen molar-refractivity contribution in [3.63, 3.8) is 0 Å². The molecule has 0 unspecified atom stereocenters. The van der Waals surface area contributed by atoms with Crippen molar-refractivity contribution in [2.24, 2.45) is 0 Å². The lowest BCUT2D eigenvalue weighted by atomic mass is 10.1. The normalized spacial score (nSPS) is 15.5. The fraction of sp³-hybridized carbons (Fsp3) is 0.231. The van der Waals surface area contributed by atoms with Gasteiger partial charge in [0.2, 0.25) is 0 Å². The molecule has 1 heterocycles. The van der Waals surface area contributed by atoms with E-state index in [1.807, 2.05) is 0 Å². The predicted molar refractivity (Wildman–Crippen MR) is 75.8 cm³/mol. The van der Waals surface area contributed by atoms with E-state index in [-0.39, 0.29) is 16.0 Å². The van der Waals surface area contributed by atoms with E-state index in [0.717, 1.165) is 0 Å². The van der Waals surface area contributed by atoms with Crippen LogP contribution in [0.5, 0.6) is 0 Å². The summed E-state index contributed by atoms with van der Waals surface area (Å²) in [5.41, 5.74) is -2.32. The number of carbonyl (C=O) groups excluding carboxylic acids is 2. The number of amides is 3. The molecule has 26 heavy (non-hydrogen) atoms. The largest absolute Gasteiger partial charge is 0.431 e. The summed E-state index contributed by atoms with van der Waals surface area (Å²) >= 11 is 0. The molecular formula is C13H9F5N4O4. The van der Waals surface area contributed by atoms with Gasteiger partial charge in [0.1, 0.15) is 18.1 Å². The van der Waals surface area contributed by atoms with Crippen molar-refractivity contribution >= 4 is 23.3 Å². The fourth-order valence-corrected chi connectivity index (χ4v) is 2.14. The van der Waals surface area contributed by atoms with Gasteiger partial charge >= 0.3 is 12.2 Å². The van der Waals surface area contributed by atoms with E-state index in [9.17, 15) is 41.7 Å². The number of carbonyl (C=O) groups is 2. The van der Waals surface area contributed by atoms with Crippen molar-refractivity contribution in [3.8, 4) is 0 Å². The maximum atomic E-state index is 14.2. The molecule has 0 saturated heterocycles. The number of nitrogens with one attached hydrogen (secondary N) is 1. The summed E-state index contributed by atoms with van der Waals surface area (Å²) in [5.74, 6) is -2.83. The Balaban J connectivity index is 2.55. The molecule has 1 aromatic rings. The van der Waals surface area contributed by atoms with Crippen molar-refractivity contribution in [1.29, 1.82) is 0 Å². The van der Waals surface area contributed by atoms with Gasteiger partial charge in [0.25, 0.3) is 11.6 Å². The number of allylic oxidation sites excluding steroid dienone is 1. The standard InChI is InChI=1S/C13H9F5N4O4/c1-20-10(13(16,17)18)4-11(23)19-21(12(20)24)9-2-6(5-14)8(22(25)26)3-7(9)15/h2-4H,5H2,1H3,(H,19,23). The topological polar surface area (TPSA) is 95.8 Å². The first-order valence-corrected chi connectivity index (χ1v) is 6.67. The Hall–Kier alpha value is -3.25. The maximum absolute atomic E-state index is 14.2. The first kappa shape index (κ1) is 19.1. The van der Waals surface area contributed by atoms with E-state index in [4.69, 9.17) is 0 Å². The summed E-state index contributed by atoms with van der Waals surface area (Å²) in [6.07, 6.45) is -4.98. The Morgan fingerprint density at radius 2 is 1.88 bits per heavy atom. The lowest BCUT2D eigenvalue weighted by Crippen LogP contribution is -2.49. The van der Waals surface area contributed by atoms with Crippen molar-refractivity contribution in [2.75, 3.05) is 12.1 Å². The number of hydrogen-bond donors (Lipinski definition) is 1. The number of hydrazine groups is 1. The highest BCUT2D eigenvalue weighted by molar-refractivity contribution is 6.01. The van der Waals surface area contributed by atoms with E-state index in [2.05, 4.69) is 0 Å². The number of rotatable bonds is 3. The third-order valence-electron chi connectivity index (χ3n) is 3.35. The average molecular weight is 380 g/mol. The third-order valence-corrected chi connectivity index (χ3v) is 3.35. The van der Waals surface area contributed by atoms with E-state index in [0.29, 0.717) is 19.2 Å². The van der Waals surface area contributed by atoms with Crippen LogP contribution in [0.1, 0.15) is 5.56 Å². The minimum atomic E-state index is -5.06. The van der Waals surface area contributed by atoms with Crippen LogP contribution in [0.3, 0.4) is 0 Å². The molecule has 1 N–H and O–H groups in total. The number of urea groups is 1. The summed E-state index contributed by atoms with van der Waals surface area (Å²) in [4.78, 5) is 33.6. The van der Waals surface area contributed by atoms with E-state index in [1.54, 1.807) is 5.43 Å². The highest BCUT2D eigenvalue weighted by Gasteiger charge is 2.43. The second kappa shape index (κ2) is 6.57. The zero-order chi connectivity index (χ0) is 19.8. The number of nitro groups is 1. The summed E-state index contributed by atoms with van der Waals surface area (Å²) in [7, 11) is 0.689. The Bertz CT molecular complexity index is 823. The molecule has 0 radical (unpaired) electrons. The Morgan fingerprint density at radius 3 is 2.38 bits per heavy atom. The molecule has 0 aromatic heterocycles. The summed E-state index contributed by atoms with van der Waals surface area (Å²) in [5, 5.41) is 10.9. The van der Waals surface area contributed by atoms with Crippen LogP contribution in [0.2, 0.25) is 0 Å². The molecule has 0 fully saturated rings. The molecule has 0 aliphatic carbocycles. The first-order chi connectivity index (χ1) is 12.0. The maximum Gasteiger partial charge on any atom is 0.431 e. The van der Waals surface area contributed by atoms with E-state index < -0.39 is 58.2 Å². The molecule has 0 bridgehead atoms. The quantitative estimate of drug-likeness (QED) is 0.495. The van der Waals surface area contributed by atoms with Crippen LogP contribution in [0.15, 0.2) is 23.9 Å². The van der Waals surface area contributed by atoms with Crippen LogP contribution in [0.4, 0.5) is 38.1 Å². The smallest absolute Gasteiger partial charge is 0.291 e. The molecule has 2 rings (SSSR count). The number of halogens is 5. The Labute approximate surface area is 141 Å². The SMILES string of the molecule is CN1C(=O)N(c2cc(CF)c([N+](=O)[O-])cc2F)NC(=O)C=C1C(F)(F)F. The fourth-order valence-electron chi connectivity index (χ4n) is 2.14. The van der Waals surface area contributed by atoms with Crippen molar-refractivity contribution in [3.05, 3.63) is 45.4 Å². The van der Waals surface area contributed by atoms with Gasteiger partial charge in [0, 0.05) is 13.1 Å². The molecule has 140 valence electrons. The number of anilines is 1. The third kappa shape index (κ3) is 3.41. The molecule has 1 aliphatic heterocycles. The van der Waals surface area contributed by atoms with Crippen molar-refractivity contribution in [2.45, 2.75) is 12.9 Å². The number of nitro benzene ring substituents is 1. The van der Waals surface area contributed by atoms with Crippen LogP contribution >= 0.6 is 0 Å². The summed E-state index contributed by atoms with van der Waals surface area (Å²) in [6, 6.07) is -0.665. The first-order valence-electron chi connectivity index (χ1n) is 6.67. The monoisotopic (exact) mass is 380 g/mol. The van der Waals surface area contributed by atoms with Gasteiger partial charge in [0.05, 0.1) is 16.6 Å². The molecule has 0 spiro atoms. The van der Waals surface area contributed by atoms with Gasteiger partial charge in [-0.3, -0.25) is 25.2 Å². The van der Waals surface area contributed by atoms with Crippen molar-refractivity contribution < 1.29 is 36.5 Å². The van der Waals surface area contributed by atoms with Crippen molar-refractivity contribution in [1.82, 2.24) is 10.3 Å². The number of hydrogen-bond acceptors (Lipinski definition) is 4. The van der Waals surface area contributed by atoms with Crippen LogP contribution in [-0.4, -0.2) is 35.0 Å². The number of alkyl halides is 4. The molecule has 8 nitrogen and oxygen atoms in total. The van der Waals surface area contributed by atoms with E-state index in [1.165, 1.54) is 0 Å². The number of benzene rings is 1. The predicted octanol–water partition coefficient (Wildman–Crippen LogP) is 2.55. The minimum Gasteiger partial charge on any atom is -0.291 e. The van der Waals surface area contributed by atoms with Crippen LogP contribution < -0.4 is 10.4 Å². The molecule has 0 saturated carbocycles. The van der Waals surface area contributed by atoms with Crippen LogP contribution in [0.25, 0.3) is 0 Å². The molecule has 1 aliphatic rings.